The van der Waals surface area contributed by atoms with Gasteiger partial charge in [0.15, 0.2) is 5.65 Å². The Morgan fingerprint density at radius 3 is 2.72 bits per heavy atom. The van der Waals surface area contributed by atoms with E-state index in [4.69, 9.17) is 5.73 Å². The van der Waals surface area contributed by atoms with Crippen LogP contribution in [-0.2, 0) is 0 Å². The van der Waals surface area contributed by atoms with E-state index in [0.29, 0.717) is 0 Å². The van der Waals surface area contributed by atoms with Crippen LogP contribution in [0.3, 0.4) is 0 Å². The van der Waals surface area contributed by atoms with Gasteiger partial charge in [-0.2, -0.15) is 5.10 Å². The second-order valence-corrected chi connectivity index (χ2v) is 3.69. The maximum absolute atomic E-state index is 5.65. The number of nitrogens with one attached hydrogen (secondary N) is 1. The van der Waals surface area contributed by atoms with Crippen LogP contribution in [0.5, 0.6) is 0 Å². The molecule has 0 aliphatic carbocycles. The third-order valence-corrected chi connectivity index (χ3v) is 2.13. The molecule has 0 bridgehead atoms. The van der Waals surface area contributed by atoms with Gasteiger partial charge in [0.2, 0.25) is 0 Å². The van der Waals surface area contributed by atoms with E-state index in [-0.39, 0.29) is 43.3 Å². The SMILES string of the molecule is C[C@H](N)C/C=C/c1cnc2[nH]ncc2c1.Cl.Cl.Cl. The van der Waals surface area contributed by atoms with Crippen molar-refractivity contribution in [2.75, 3.05) is 0 Å². The van der Waals surface area contributed by atoms with Gasteiger partial charge in [0.1, 0.15) is 0 Å². The Labute approximate surface area is 125 Å². The highest BCUT2D eigenvalue weighted by molar-refractivity contribution is 5.86. The first-order chi connectivity index (χ1) is 7.25. The van der Waals surface area contributed by atoms with Crippen LogP contribution >= 0.6 is 37.2 Å². The monoisotopic (exact) mass is 310 g/mol. The summed E-state index contributed by atoms with van der Waals surface area (Å²) in [4.78, 5) is 4.24. The first-order valence-electron chi connectivity index (χ1n) is 4.97. The predicted molar refractivity (Wildman–Crippen MR) is 82.9 cm³/mol. The first-order valence-corrected chi connectivity index (χ1v) is 4.97. The molecule has 2 heterocycles. The van der Waals surface area contributed by atoms with Crippen LogP contribution in [0.2, 0.25) is 0 Å². The lowest BCUT2D eigenvalue weighted by atomic mass is 10.2. The van der Waals surface area contributed by atoms with Gasteiger partial charge < -0.3 is 5.73 Å². The quantitative estimate of drug-likeness (QED) is 0.915. The van der Waals surface area contributed by atoms with Crippen molar-refractivity contribution in [2.24, 2.45) is 5.73 Å². The van der Waals surface area contributed by atoms with Gasteiger partial charge in [0.25, 0.3) is 0 Å². The van der Waals surface area contributed by atoms with Gasteiger partial charge in [-0.15, -0.1) is 37.2 Å². The number of aromatic amines is 1. The summed E-state index contributed by atoms with van der Waals surface area (Å²) < 4.78 is 0. The molecule has 4 nitrogen and oxygen atoms in total. The smallest absolute Gasteiger partial charge is 0.155 e. The molecule has 2 rings (SSSR count). The van der Waals surface area contributed by atoms with Crippen LogP contribution in [0.15, 0.2) is 24.5 Å². The summed E-state index contributed by atoms with van der Waals surface area (Å²) in [6, 6.07) is 2.25. The van der Waals surface area contributed by atoms with E-state index < -0.39 is 0 Å². The van der Waals surface area contributed by atoms with Crippen molar-refractivity contribution >= 4 is 54.3 Å². The fourth-order valence-electron chi connectivity index (χ4n) is 1.36. The van der Waals surface area contributed by atoms with Gasteiger partial charge in [0, 0.05) is 17.6 Å². The van der Waals surface area contributed by atoms with Crippen LogP contribution in [0, 0.1) is 0 Å². The standard InChI is InChI=1S/C11H14N4.3ClH/c1-8(12)3-2-4-9-5-10-7-14-15-11(10)13-6-9;;;/h2,4-8H,3,12H2,1H3,(H,13,14,15);3*1H/b4-2+;;;/t8-;;;/m0.../s1. The lowest BCUT2D eigenvalue weighted by molar-refractivity contribution is 0.759. The zero-order chi connectivity index (χ0) is 10.7. The molecule has 0 aliphatic heterocycles. The Hall–Kier alpha value is -0.810. The van der Waals surface area contributed by atoms with Gasteiger partial charge in [0.05, 0.1) is 6.20 Å². The van der Waals surface area contributed by atoms with Crippen LogP contribution < -0.4 is 5.73 Å². The van der Waals surface area contributed by atoms with Crippen molar-refractivity contribution in [3.8, 4) is 0 Å². The van der Waals surface area contributed by atoms with E-state index in [2.05, 4.69) is 21.3 Å². The van der Waals surface area contributed by atoms with E-state index in [1.54, 1.807) is 6.20 Å². The summed E-state index contributed by atoms with van der Waals surface area (Å²) in [5.41, 5.74) is 7.54. The summed E-state index contributed by atoms with van der Waals surface area (Å²) in [5.74, 6) is 0. The third-order valence-electron chi connectivity index (χ3n) is 2.13. The number of pyridine rings is 1. The maximum atomic E-state index is 5.65. The highest BCUT2D eigenvalue weighted by Crippen LogP contribution is 2.11. The number of hydrogen-bond donors (Lipinski definition) is 2. The van der Waals surface area contributed by atoms with Crippen molar-refractivity contribution in [3.63, 3.8) is 0 Å². The lowest BCUT2D eigenvalue weighted by Crippen LogP contribution is -2.12. The molecule has 1 atom stereocenters. The summed E-state index contributed by atoms with van der Waals surface area (Å²) in [6.45, 7) is 1.99. The summed E-state index contributed by atoms with van der Waals surface area (Å²) >= 11 is 0. The molecule has 3 N–H and O–H groups in total. The topological polar surface area (TPSA) is 67.6 Å². The molecule has 0 aromatic carbocycles. The van der Waals surface area contributed by atoms with Gasteiger partial charge in [-0.3, -0.25) is 5.10 Å². The number of halogens is 3. The first kappa shape index (κ1) is 19.5. The molecule has 0 radical (unpaired) electrons. The Morgan fingerprint density at radius 2 is 2.06 bits per heavy atom. The minimum atomic E-state index is 0. The summed E-state index contributed by atoms with van der Waals surface area (Å²) in [5, 5.41) is 7.76. The molecule has 0 amide bonds. The van der Waals surface area contributed by atoms with Crippen molar-refractivity contribution in [3.05, 3.63) is 30.1 Å². The number of rotatable bonds is 3. The molecule has 0 aliphatic rings. The molecule has 2 aromatic rings. The second-order valence-electron chi connectivity index (χ2n) is 3.69. The van der Waals surface area contributed by atoms with E-state index in [1.165, 1.54) is 0 Å². The molecule has 18 heavy (non-hydrogen) atoms. The van der Waals surface area contributed by atoms with E-state index in [9.17, 15) is 0 Å². The highest BCUT2D eigenvalue weighted by atomic mass is 35.5. The molecule has 0 spiro atoms. The number of aromatic nitrogens is 3. The van der Waals surface area contributed by atoms with Gasteiger partial charge in [-0.25, -0.2) is 4.98 Å². The largest absolute Gasteiger partial charge is 0.328 e. The molecule has 0 unspecified atom stereocenters. The zero-order valence-corrected chi connectivity index (χ0v) is 12.3. The summed E-state index contributed by atoms with van der Waals surface area (Å²) in [6.07, 6.45) is 8.56. The zero-order valence-electron chi connectivity index (χ0n) is 9.87. The van der Waals surface area contributed by atoms with Crippen LogP contribution in [0.4, 0.5) is 0 Å². The summed E-state index contributed by atoms with van der Waals surface area (Å²) in [7, 11) is 0. The minimum Gasteiger partial charge on any atom is -0.328 e. The Kier molecular flexibility index (Phi) is 9.94. The number of fused-ring (bicyclic) bond motifs is 1. The molecule has 0 fully saturated rings. The van der Waals surface area contributed by atoms with E-state index in [0.717, 1.165) is 23.0 Å². The maximum Gasteiger partial charge on any atom is 0.155 e. The molecule has 7 heteroatoms. The van der Waals surface area contributed by atoms with Crippen molar-refractivity contribution < 1.29 is 0 Å². The average molecular weight is 312 g/mol. The molecule has 0 saturated heterocycles. The number of nitrogens with two attached hydrogens (primary N) is 1. The second kappa shape index (κ2) is 9.16. The fourth-order valence-corrected chi connectivity index (χ4v) is 1.36. The van der Waals surface area contributed by atoms with Crippen molar-refractivity contribution in [2.45, 2.75) is 19.4 Å². The van der Waals surface area contributed by atoms with Gasteiger partial charge in [-0.05, 0) is 25.0 Å². The van der Waals surface area contributed by atoms with Crippen LogP contribution in [0.25, 0.3) is 17.1 Å². The van der Waals surface area contributed by atoms with Gasteiger partial charge in [-0.1, -0.05) is 12.2 Å². The molecule has 2 aromatic heterocycles. The minimum absolute atomic E-state index is 0. The number of nitrogens with zero attached hydrogens (tertiary/aromatic N) is 2. The van der Waals surface area contributed by atoms with Crippen LogP contribution in [0.1, 0.15) is 18.9 Å². The van der Waals surface area contributed by atoms with E-state index >= 15 is 0 Å². The normalized spacial score (nSPS) is 11.4. The highest BCUT2D eigenvalue weighted by Gasteiger charge is 1.96. The Balaban J connectivity index is 0. The molecular weight excluding hydrogens is 295 g/mol. The molecule has 102 valence electrons. The fraction of sp³-hybridized carbons (Fsp3) is 0.273. The number of H-pyrrole nitrogens is 1. The van der Waals surface area contributed by atoms with Gasteiger partial charge >= 0.3 is 0 Å². The van der Waals surface area contributed by atoms with Crippen molar-refractivity contribution in [1.82, 2.24) is 15.2 Å². The van der Waals surface area contributed by atoms with E-state index in [1.807, 2.05) is 25.3 Å². The Morgan fingerprint density at radius 1 is 1.33 bits per heavy atom. The van der Waals surface area contributed by atoms with Crippen LogP contribution in [-0.4, -0.2) is 21.2 Å². The predicted octanol–water partition coefficient (Wildman–Crippen LogP) is 2.97. The lowest BCUT2D eigenvalue weighted by Gasteiger charge is -1.97. The Bertz CT molecular complexity index is 482. The third kappa shape index (κ3) is 5.23. The average Bonchev–Trinajstić information content (AvgIpc) is 2.64. The molecule has 0 saturated carbocycles. The number of hydrogen-bond acceptors (Lipinski definition) is 3. The molecular formula is C11H17Cl3N4. The van der Waals surface area contributed by atoms with Crippen molar-refractivity contribution in [1.29, 1.82) is 0 Å².